The monoisotopic (exact) mass is 325 g/mol. The average molecular weight is 325 g/mol. The zero-order chi connectivity index (χ0) is 15.4. The molecule has 0 saturated carbocycles. The third-order valence-electron chi connectivity index (χ3n) is 3.43. The maximum atomic E-state index is 11.7. The summed E-state index contributed by atoms with van der Waals surface area (Å²) < 4.78 is 0.679. The van der Waals surface area contributed by atoms with Crippen LogP contribution >= 0.6 is 24.0 Å². The van der Waals surface area contributed by atoms with Crippen molar-refractivity contribution >= 4 is 46.4 Å². The molecule has 0 N–H and O–H groups in total. The normalized spacial score (nSPS) is 15.0. The van der Waals surface area contributed by atoms with Crippen LogP contribution in [0.1, 0.15) is 16.7 Å². The second-order valence-corrected chi connectivity index (χ2v) is 6.63. The molecular formula is C18H15NOS2. The van der Waals surface area contributed by atoms with Gasteiger partial charge in [0.2, 0.25) is 5.91 Å². The molecule has 1 amide bonds. The molecule has 1 saturated heterocycles. The minimum absolute atomic E-state index is 0.100. The van der Waals surface area contributed by atoms with Crippen molar-refractivity contribution in [1.82, 2.24) is 4.90 Å². The molecule has 0 radical (unpaired) electrons. The lowest BCUT2D eigenvalue weighted by atomic mass is 10.1. The predicted octanol–water partition coefficient (Wildman–Crippen LogP) is 4.22. The number of carbonyl (C=O) groups is 1. The van der Waals surface area contributed by atoms with Crippen LogP contribution in [-0.4, -0.2) is 20.9 Å². The summed E-state index contributed by atoms with van der Waals surface area (Å²) in [6.45, 7) is 0.563. The van der Waals surface area contributed by atoms with E-state index in [2.05, 4.69) is 36.4 Å². The molecule has 110 valence electrons. The molecule has 0 atom stereocenters. The number of benzene rings is 2. The van der Waals surface area contributed by atoms with Crippen LogP contribution in [-0.2, 0) is 11.3 Å². The van der Waals surface area contributed by atoms with Crippen LogP contribution in [0.15, 0.2) is 54.6 Å². The van der Waals surface area contributed by atoms with Gasteiger partial charge in [-0.25, -0.2) is 0 Å². The molecule has 0 aromatic heterocycles. The van der Waals surface area contributed by atoms with Gasteiger partial charge in [0.15, 0.2) is 0 Å². The van der Waals surface area contributed by atoms with Crippen LogP contribution in [0.2, 0.25) is 0 Å². The summed E-state index contributed by atoms with van der Waals surface area (Å²) in [5.74, 6) is 0.569. The fourth-order valence-electron chi connectivity index (χ4n) is 2.21. The summed E-state index contributed by atoms with van der Waals surface area (Å²) in [5.41, 5.74) is 3.41. The number of nitrogens with zero attached hydrogens (tertiary/aromatic N) is 1. The van der Waals surface area contributed by atoms with E-state index in [1.807, 2.05) is 30.3 Å². The molecule has 2 nitrogen and oxygen atoms in total. The van der Waals surface area contributed by atoms with Gasteiger partial charge in [-0.2, -0.15) is 0 Å². The first-order chi connectivity index (χ1) is 10.7. The third kappa shape index (κ3) is 3.64. The van der Waals surface area contributed by atoms with Gasteiger partial charge < -0.3 is 0 Å². The molecule has 1 aliphatic rings. The van der Waals surface area contributed by atoms with Crippen molar-refractivity contribution in [2.45, 2.75) is 6.54 Å². The number of carbonyl (C=O) groups excluding carboxylic acids is 1. The third-order valence-corrected chi connectivity index (χ3v) is 4.86. The highest BCUT2D eigenvalue weighted by atomic mass is 32.2. The molecule has 0 unspecified atom stereocenters. The predicted molar refractivity (Wildman–Crippen MR) is 97.4 cm³/mol. The summed E-state index contributed by atoms with van der Waals surface area (Å²) in [4.78, 5) is 13.4. The van der Waals surface area contributed by atoms with Gasteiger partial charge in [-0.15, -0.1) is 0 Å². The molecule has 0 aliphatic carbocycles. The number of thiocarbonyl (C=S) groups is 1. The maximum absolute atomic E-state index is 11.7. The topological polar surface area (TPSA) is 20.3 Å². The Bertz CT molecular complexity index is 692. The Hall–Kier alpha value is -1.91. The van der Waals surface area contributed by atoms with Crippen LogP contribution < -0.4 is 0 Å². The Balaban J connectivity index is 1.67. The van der Waals surface area contributed by atoms with Crippen LogP contribution in [0.5, 0.6) is 0 Å². The first-order valence-electron chi connectivity index (χ1n) is 7.01. The SMILES string of the molecule is O=C1CSC(=S)N1Cc1ccc(C=Cc2ccccc2)cc1. The first-order valence-corrected chi connectivity index (χ1v) is 8.41. The second kappa shape index (κ2) is 6.90. The molecular weight excluding hydrogens is 310 g/mol. The minimum atomic E-state index is 0.100. The molecule has 2 aromatic carbocycles. The largest absolute Gasteiger partial charge is 0.293 e. The number of rotatable bonds is 4. The molecule has 1 heterocycles. The Morgan fingerprint density at radius 3 is 2.23 bits per heavy atom. The summed E-state index contributed by atoms with van der Waals surface area (Å²) in [6.07, 6.45) is 4.17. The van der Waals surface area contributed by atoms with Crippen molar-refractivity contribution in [2.24, 2.45) is 0 Å². The minimum Gasteiger partial charge on any atom is -0.293 e. The van der Waals surface area contributed by atoms with Crippen molar-refractivity contribution in [3.63, 3.8) is 0 Å². The summed E-state index contributed by atoms with van der Waals surface area (Å²) in [5, 5.41) is 0. The standard InChI is InChI=1S/C18H15NOS2/c20-17-13-22-18(21)19(17)12-16-10-8-15(9-11-16)7-6-14-4-2-1-3-5-14/h1-11H,12-13H2. The van der Waals surface area contributed by atoms with E-state index in [4.69, 9.17) is 12.2 Å². The van der Waals surface area contributed by atoms with E-state index in [0.29, 0.717) is 16.6 Å². The van der Waals surface area contributed by atoms with E-state index in [1.54, 1.807) is 4.90 Å². The number of thioether (sulfide) groups is 1. The summed E-state index contributed by atoms with van der Waals surface area (Å²) in [7, 11) is 0. The van der Waals surface area contributed by atoms with E-state index in [-0.39, 0.29) is 5.91 Å². The molecule has 4 heteroatoms. The Kier molecular flexibility index (Phi) is 4.71. The van der Waals surface area contributed by atoms with Gasteiger partial charge in [0, 0.05) is 0 Å². The summed E-state index contributed by atoms with van der Waals surface area (Å²) in [6, 6.07) is 18.4. The van der Waals surface area contributed by atoms with Gasteiger partial charge >= 0.3 is 0 Å². The molecule has 22 heavy (non-hydrogen) atoms. The van der Waals surface area contributed by atoms with Crippen molar-refractivity contribution in [1.29, 1.82) is 0 Å². The van der Waals surface area contributed by atoms with Crippen molar-refractivity contribution in [3.05, 3.63) is 71.3 Å². The highest BCUT2D eigenvalue weighted by molar-refractivity contribution is 8.23. The fourth-order valence-corrected chi connectivity index (χ4v) is 3.28. The average Bonchev–Trinajstić information content (AvgIpc) is 2.87. The highest BCUT2D eigenvalue weighted by Gasteiger charge is 2.26. The number of hydrogen-bond donors (Lipinski definition) is 0. The first kappa shape index (κ1) is 15.0. The van der Waals surface area contributed by atoms with Gasteiger partial charge in [0.05, 0.1) is 12.3 Å². The molecule has 0 spiro atoms. The zero-order valence-corrected chi connectivity index (χ0v) is 13.6. The summed E-state index contributed by atoms with van der Waals surface area (Å²) >= 11 is 6.63. The van der Waals surface area contributed by atoms with Crippen molar-refractivity contribution in [3.8, 4) is 0 Å². The molecule has 2 aromatic rings. The fraction of sp³-hybridized carbons (Fsp3) is 0.111. The van der Waals surface area contributed by atoms with Gasteiger partial charge in [-0.3, -0.25) is 9.69 Å². The van der Waals surface area contributed by atoms with Crippen LogP contribution in [0.4, 0.5) is 0 Å². The van der Waals surface area contributed by atoms with E-state index >= 15 is 0 Å². The van der Waals surface area contributed by atoms with E-state index in [1.165, 1.54) is 17.3 Å². The highest BCUT2D eigenvalue weighted by Crippen LogP contribution is 2.22. The lowest BCUT2D eigenvalue weighted by Gasteiger charge is -2.14. The maximum Gasteiger partial charge on any atom is 0.238 e. The van der Waals surface area contributed by atoms with Crippen molar-refractivity contribution < 1.29 is 4.79 Å². The van der Waals surface area contributed by atoms with Gasteiger partial charge in [0.1, 0.15) is 4.32 Å². The van der Waals surface area contributed by atoms with E-state index < -0.39 is 0 Å². The smallest absolute Gasteiger partial charge is 0.238 e. The molecule has 0 bridgehead atoms. The van der Waals surface area contributed by atoms with Gasteiger partial charge in [0.25, 0.3) is 0 Å². The van der Waals surface area contributed by atoms with E-state index in [0.717, 1.165) is 11.1 Å². The Morgan fingerprint density at radius 1 is 1.00 bits per heavy atom. The van der Waals surface area contributed by atoms with Gasteiger partial charge in [-0.05, 0) is 16.7 Å². The second-order valence-electron chi connectivity index (χ2n) is 5.02. The van der Waals surface area contributed by atoms with Crippen LogP contribution in [0.3, 0.4) is 0 Å². The lowest BCUT2D eigenvalue weighted by Crippen LogP contribution is -2.27. The van der Waals surface area contributed by atoms with E-state index in [9.17, 15) is 4.79 Å². The Morgan fingerprint density at radius 2 is 1.64 bits per heavy atom. The van der Waals surface area contributed by atoms with Crippen molar-refractivity contribution in [2.75, 3.05) is 5.75 Å². The molecule has 1 fully saturated rings. The van der Waals surface area contributed by atoms with Crippen LogP contribution in [0, 0.1) is 0 Å². The van der Waals surface area contributed by atoms with Crippen LogP contribution in [0.25, 0.3) is 12.2 Å². The molecule has 1 aliphatic heterocycles. The zero-order valence-electron chi connectivity index (χ0n) is 11.9. The van der Waals surface area contributed by atoms with Gasteiger partial charge in [-0.1, -0.05) is 90.7 Å². The number of amides is 1. The quantitative estimate of drug-likeness (QED) is 0.620. The Labute approximate surface area is 139 Å². The lowest BCUT2D eigenvalue weighted by molar-refractivity contribution is -0.124. The molecule has 3 rings (SSSR count). The number of hydrogen-bond acceptors (Lipinski definition) is 3.